The largest absolute Gasteiger partial charge is 0.481 e. The van der Waals surface area contributed by atoms with Crippen LogP contribution in [0.15, 0.2) is 11.8 Å². The summed E-state index contributed by atoms with van der Waals surface area (Å²) in [6.07, 6.45) is 2.08. The van der Waals surface area contributed by atoms with E-state index in [1.165, 1.54) is 7.05 Å². The van der Waals surface area contributed by atoms with Crippen LogP contribution >= 0.6 is 0 Å². The summed E-state index contributed by atoms with van der Waals surface area (Å²) in [4.78, 5) is 21.8. The fourth-order valence-corrected chi connectivity index (χ4v) is 1.07. The number of carboxylic acid groups (broad SMARTS) is 1. The number of carbonyl (C=O) groups excluding carboxylic acids is 1. The van der Waals surface area contributed by atoms with Crippen LogP contribution in [-0.2, 0) is 9.59 Å². The topological polar surface area (TPSA) is 78.4 Å². The first-order chi connectivity index (χ1) is 7.01. The number of likely N-dealkylation sites (N-methyl/N-ethyl adjacent to an activating group) is 1. The standard InChI is InChI=1S/C10H18N2O3/c1-4-7(2)12-8(10(15)11-3)5-6-9(13)14/h4,8,12H,5-6H2,1-3H3,(H,11,15)(H,13,14). The van der Waals surface area contributed by atoms with E-state index in [1.54, 1.807) is 0 Å². The van der Waals surface area contributed by atoms with Crippen molar-refractivity contribution < 1.29 is 14.7 Å². The highest BCUT2D eigenvalue weighted by Gasteiger charge is 2.17. The molecule has 0 heterocycles. The first kappa shape index (κ1) is 13.5. The smallest absolute Gasteiger partial charge is 0.303 e. The van der Waals surface area contributed by atoms with Crippen molar-refractivity contribution in [3.63, 3.8) is 0 Å². The molecule has 0 radical (unpaired) electrons. The molecule has 1 unspecified atom stereocenters. The van der Waals surface area contributed by atoms with Gasteiger partial charge in [-0.25, -0.2) is 0 Å². The molecular formula is C10H18N2O3. The lowest BCUT2D eigenvalue weighted by atomic mass is 10.1. The van der Waals surface area contributed by atoms with Gasteiger partial charge in [0.05, 0.1) is 0 Å². The minimum Gasteiger partial charge on any atom is -0.481 e. The third-order valence-electron chi connectivity index (χ3n) is 2.04. The molecule has 0 rings (SSSR count). The van der Waals surface area contributed by atoms with Gasteiger partial charge in [0.15, 0.2) is 0 Å². The Bertz CT molecular complexity index is 261. The number of hydrogen-bond acceptors (Lipinski definition) is 3. The van der Waals surface area contributed by atoms with Crippen molar-refractivity contribution in [3.05, 3.63) is 11.8 Å². The number of carboxylic acids is 1. The molecule has 1 amide bonds. The van der Waals surface area contributed by atoms with Crippen molar-refractivity contribution in [2.24, 2.45) is 0 Å². The third kappa shape index (κ3) is 5.72. The zero-order chi connectivity index (χ0) is 11.8. The Labute approximate surface area is 89.6 Å². The molecule has 0 aromatic rings. The first-order valence-corrected chi connectivity index (χ1v) is 4.84. The van der Waals surface area contributed by atoms with Crippen molar-refractivity contribution in [2.75, 3.05) is 7.05 Å². The monoisotopic (exact) mass is 214 g/mol. The molecular weight excluding hydrogens is 196 g/mol. The highest BCUT2D eigenvalue weighted by molar-refractivity contribution is 5.82. The maximum atomic E-state index is 11.4. The van der Waals surface area contributed by atoms with Gasteiger partial charge in [-0.05, 0) is 20.3 Å². The van der Waals surface area contributed by atoms with Crippen LogP contribution < -0.4 is 10.6 Å². The molecule has 0 bridgehead atoms. The van der Waals surface area contributed by atoms with Crippen molar-refractivity contribution in [1.82, 2.24) is 10.6 Å². The van der Waals surface area contributed by atoms with E-state index >= 15 is 0 Å². The molecule has 3 N–H and O–H groups in total. The van der Waals surface area contributed by atoms with Crippen LogP contribution in [0.5, 0.6) is 0 Å². The lowest BCUT2D eigenvalue weighted by molar-refractivity contribution is -0.137. The van der Waals surface area contributed by atoms with Gasteiger partial charge in [0.2, 0.25) is 5.91 Å². The van der Waals surface area contributed by atoms with Crippen LogP contribution in [0.25, 0.3) is 0 Å². The van der Waals surface area contributed by atoms with Gasteiger partial charge in [-0.15, -0.1) is 0 Å². The van der Waals surface area contributed by atoms with Gasteiger partial charge >= 0.3 is 5.97 Å². The SMILES string of the molecule is CC=C(C)NC(CCC(=O)O)C(=O)NC. The Hall–Kier alpha value is -1.52. The van der Waals surface area contributed by atoms with Gasteiger partial charge in [0, 0.05) is 19.2 Å². The zero-order valence-corrected chi connectivity index (χ0v) is 9.33. The molecule has 0 aliphatic heterocycles. The van der Waals surface area contributed by atoms with E-state index in [2.05, 4.69) is 10.6 Å². The molecule has 5 nitrogen and oxygen atoms in total. The molecule has 5 heteroatoms. The fourth-order valence-electron chi connectivity index (χ4n) is 1.07. The molecule has 15 heavy (non-hydrogen) atoms. The van der Waals surface area contributed by atoms with Crippen LogP contribution in [0.3, 0.4) is 0 Å². The zero-order valence-electron chi connectivity index (χ0n) is 9.33. The van der Waals surface area contributed by atoms with E-state index < -0.39 is 12.0 Å². The highest BCUT2D eigenvalue weighted by atomic mass is 16.4. The molecule has 0 aromatic heterocycles. The Kier molecular flexibility index (Phi) is 6.17. The summed E-state index contributed by atoms with van der Waals surface area (Å²) < 4.78 is 0. The van der Waals surface area contributed by atoms with E-state index in [0.717, 1.165) is 5.70 Å². The van der Waals surface area contributed by atoms with E-state index in [1.807, 2.05) is 19.9 Å². The average molecular weight is 214 g/mol. The number of nitrogens with one attached hydrogen (secondary N) is 2. The average Bonchev–Trinajstić information content (AvgIpc) is 2.22. The van der Waals surface area contributed by atoms with Gasteiger partial charge in [-0.1, -0.05) is 6.08 Å². The van der Waals surface area contributed by atoms with Gasteiger partial charge in [-0.3, -0.25) is 9.59 Å². The molecule has 0 aliphatic rings. The van der Waals surface area contributed by atoms with Crippen molar-refractivity contribution >= 4 is 11.9 Å². The second-order valence-electron chi connectivity index (χ2n) is 3.22. The van der Waals surface area contributed by atoms with E-state index in [9.17, 15) is 9.59 Å². The number of aliphatic carboxylic acids is 1. The predicted molar refractivity (Wildman–Crippen MR) is 57.3 cm³/mol. The number of hydrogen-bond donors (Lipinski definition) is 3. The second-order valence-corrected chi connectivity index (χ2v) is 3.22. The summed E-state index contributed by atoms with van der Waals surface area (Å²) >= 11 is 0. The molecule has 86 valence electrons. The van der Waals surface area contributed by atoms with Crippen molar-refractivity contribution in [2.45, 2.75) is 32.7 Å². The summed E-state index contributed by atoms with van der Waals surface area (Å²) in [5.74, 6) is -1.10. The van der Waals surface area contributed by atoms with E-state index in [0.29, 0.717) is 0 Å². The first-order valence-electron chi connectivity index (χ1n) is 4.84. The van der Waals surface area contributed by atoms with Crippen LogP contribution in [0, 0.1) is 0 Å². The minimum absolute atomic E-state index is 0.0257. The lowest BCUT2D eigenvalue weighted by Crippen LogP contribution is -2.42. The summed E-state index contributed by atoms with van der Waals surface area (Å²) in [5, 5.41) is 14.0. The molecule has 0 saturated heterocycles. The molecule has 0 spiro atoms. The quantitative estimate of drug-likeness (QED) is 0.601. The number of allylic oxidation sites excluding steroid dienone is 2. The van der Waals surface area contributed by atoms with Crippen LogP contribution in [-0.4, -0.2) is 30.1 Å². The highest BCUT2D eigenvalue weighted by Crippen LogP contribution is 2.01. The Morgan fingerprint density at radius 1 is 1.47 bits per heavy atom. The van der Waals surface area contributed by atoms with Crippen molar-refractivity contribution in [3.8, 4) is 0 Å². The molecule has 0 fully saturated rings. The molecule has 1 atom stereocenters. The van der Waals surface area contributed by atoms with E-state index in [4.69, 9.17) is 5.11 Å². The van der Waals surface area contributed by atoms with Crippen LogP contribution in [0.2, 0.25) is 0 Å². The normalized spacial score (nSPS) is 13.1. The van der Waals surface area contributed by atoms with Crippen LogP contribution in [0.4, 0.5) is 0 Å². The molecule has 0 saturated carbocycles. The third-order valence-corrected chi connectivity index (χ3v) is 2.04. The Morgan fingerprint density at radius 2 is 2.07 bits per heavy atom. The minimum atomic E-state index is -0.899. The van der Waals surface area contributed by atoms with Gasteiger partial charge in [0.1, 0.15) is 6.04 Å². The second kappa shape index (κ2) is 6.86. The summed E-state index contributed by atoms with van der Waals surface area (Å²) in [6.45, 7) is 3.68. The summed E-state index contributed by atoms with van der Waals surface area (Å²) in [6, 6.07) is -0.484. The Morgan fingerprint density at radius 3 is 2.47 bits per heavy atom. The van der Waals surface area contributed by atoms with Crippen molar-refractivity contribution in [1.29, 1.82) is 0 Å². The summed E-state index contributed by atoms with van der Waals surface area (Å²) in [7, 11) is 1.53. The van der Waals surface area contributed by atoms with E-state index in [-0.39, 0.29) is 18.7 Å². The van der Waals surface area contributed by atoms with Gasteiger partial charge < -0.3 is 15.7 Å². The fraction of sp³-hybridized carbons (Fsp3) is 0.600. The molecule has 0 aliphatic carbocycles. The van der Waals surface area contributed by atoms with Gasteiger partial charge in [0.25, 0.3) is 0 Å². The summed E-state index contributed by atoms with van der Waals surface area (Å²) in [5.41, 5.74) is 0.856. The number of amides is 1. The van der Waals surface area contributed by atoms with Gasteiger partial charge in [-0.2, -0.15) is 0 Å². The Balaban J connectivity index is 4.31. The van der Waals surface area contributed by atoms with Crippen LogP contribution in [0.1, 0.15) is 26.7 Å². The number of carbonyl (C=O) groups is 2. The lowest BCUT2D eigenvalue weighted by Gasteiger charge is -2.17. The predicted octanol–water partition coefficient (Wildman–Crippen LogP) is 0.479. The molecule has 0 aromatic carbocycles. The maximum Gasteiger partial charge on any atom is 0.303 e. The number of rotatable bonds is 6. The maximum absolute atomic E-state index is 11.4.